The van der Waals surface area contributed by atoms with Crippen molar-refractivity contribution >= 4 is 61.5 Å². The first-order valence-corrected chi connectivity index (χ1v) is 30.1. The second-order valence-electron chi connectivity index (χ2n) is 24.0. The molecule has 6 heterocycles. The highest BCUT2D eigenvalue weighted by atomic mass is 16.3. The van der Waals surface area contributed by atoms with E-state index in [9.17, 15) is 0 Å². The Balaban J connectivity index is 0.813. The summed E-state index contributed by atoms with van der Waals surface area (Å²) >= 11 is 0. The van der Waals surface area contributed by atoms with Crippen molar-refractivity contribution in [2.24, 2.45) is 16.8 Å². The molecule has 6 nitrogen and oxygen atoms in total. The molecule has 4 aliphatic carbocycles. The molecule has 0 bridgehead atoms. The maximum Gasteiger partial charge on any atom is 0.145 e. The standard InChI is InChI=1S/C79H60N4O2/c1-48-45-56(62-29-15-25-57-26-17-44-81-79(57,62)3)38-40-64(48)82-67-41-37-55(47-61(67)74-69(82)46-49(2)70-72(51-19-7-4-8-20-51)76(85-78(70)74)54-23-11-6-12-24-54)50-33-35-52(36-34-50)71-60-39-42-68-73(77(60)84-75(71)53-21-9-5-10-22-53)59-27-13-14-31-66(59)83(68)65-32-16-30-63-58(65)28-18-43-80-63/h4-36,38-40,42-45,47-49,62,64H,37,41,46H2,1-3H3. The number of furan rings is 2. The number of hydrogen-bond donors (Lipinski definition) is 0. The molecule has 12 aromatic rings. The Hall–Kier alpha value is -10.0. The second kappa shape index (κ2) is 19.3. The van der Waals surface area contributed by atoms with Gasteiger partial charge in [-0.25, -0.2) is 0 Å². The second-order valence-corrected chi connectivity index (χ2v) is 24.0. The Kier molecular flexibility index (Phi) is 11.2. The molecular formula is C79H60N4O2. The van der Waals surface area contributed by atoms with E-state index in [1.165, 1.54) is 61.5 Å². The van der Waals surface area contributed by atoms with Crippen molar-refractivity contribution in [2.45, 2.75) is 57.5 Å². The Morgan fingerprint density at radius 1 is 0.565 bits per heavy atom. The van der Waals surface area contributed by atoms with Crippen LogP contribution in [0.15, 0.2) is 262 Å². The first-order chi connectivity index (χ1) is 41.9. The summed E-state index contributed by atoms with van der Waals surface area (Å²) in [5.74, 6) is 3.40. The van der Waals surface area contributed by atoms with Gasteiger partial charge < -0.3 is 18.0 Å². The largest absolute Gasteiger partial charge is 0.455 e. The molecule has 0 N–H and O–H groups in total. The predicted octanol–water partition coefficient (Wildman–Crippen LogP) is 20.1. The van der Waals surface area contributed by atoms with Crippen molar-refractivity contribution in [1.82, 2.24) is 14.1 Å². The summed E-state index contributed by atoms with van der Waals surface area (Å²) in [5.41, 5.74) is 23.3. The highest BCUT2D eigenvalue weighted by molar-refractivity contribution is 6.23. The number of benzene rings is 7. The van der Waals surface area contributed by atoms with E-state index in [1.807, 2.05) is 18.5 Å². The van der Waals surface area contributed by atoms with Crippen LogP contribution in [0.1, 0.15) is 67.2 Å². The summed E-state index contributed by atoms with van der Waals surface area (Å²) in [6, 6.07) is 65.5. The molecule has 7 aromatic carbocycles. The molecule has 0 fully saturated rings. The Morgan fingerprint density at radius 2 is 1.28 bits per heavy atom. The van der Waals surface area contributed by atoms with Crippen LogP contribution >= 0.6 is 0 Å². The molecule has 0 saturated heterocycles. The van der Waals surface area contributed by atoms with E-state index in [0.717, 1.165) is 108 Å². The number of rotatable bonds is 8. The molecule has 1 aliphatic heterocycles. The van der Waals surface area contributed by atoms with E-state index in [-0.39, 0.29) is 29.3 Å². The summed E-state index contributed by atoms with van der Waals surface area (Å²) in [5, 5.41) is 4.43. The lowest BCUT2D eigenvalue weighted by Gasteiger charge is -2.40. The van der Waals surface area contributed by atoms with Gasteiger partial charge in [-0.2, -0.15) is 0 Å². The van der Waals surface area contributed by atoms with Gasteiger partial charge in [0.25, 0.3) is 0 Å². The first kappa shape index (κ1) is 49.6. The summed E-state index contributed by atoms with van der Waals surface area (Å²) in [4.78, 5) is 9.85. The van der Waals surface area contributed by atoms with Gasteiger partial charge in [-0.3, -0.25) is 9.98 Å². The van der Waals surface area contributed by atoms with Crippen LogP contribution in [0.4, 0.5) is 0 Å². The van der Waals surface area contributed by atoms with Crippen molar-refractivity contribution in [3.63, 3.8) is 0 Å². The Morgan fingerprint density at radius 3 is 2.07 bits per heavy atom. The number of nitrogens with zero attached hydrogens (tertiary/aromatic N) is 4. The third-order valence-electron chi connectivity index (χ3n) is 19.2. The van der Waals surface area contributed by atoms with E-state index in [1.54, 1.807) is 0 Å². The monoisotopic (exact) mass is 1100 g/mol. The Labute approximate surface area is 494 Å². The zero-order valence-corrected chi connectivity index (χ0v) is 47.7. The van der Waals surface area contributed by atoms with Gasteiger partial charge in [0.15, 0.2) is 0 Å². The van der Waals surface area contributed by atoms with Crippen LogP contribution in [0.5, 0.6) is 0 Å². The zero-order chi connectivity index (χ0) is 56.5. The minimum atomic E-state index is -0.334. The number of dihydropyridines is 1. The number of para-hydroxylation sites is 1. The molecule has 0 saturated carbocycles. The maximum atomic E-state index is 7.48. The summed E-state index contributed by atoms with van der Waals surface area (Å²) < 4.78 is 19.9. The molecule has 5 aromatic heterocycles. The van der Waals surface area contributed by atoms with Gasteiger partial charge in [0.1, 0.15) is 22.9 Å². The molecule has 0 radical (unpaired) electrons. The van der Waals surface area contributed by atoms with Crippen molar-refractivity contribution in [3.8, 4) is 61.9 Å². The van der Waals surface area contributed by atoms with Gasteiger partial charge in [-0.1, -0.05) is 196 Å². The van der Waals surface area contributed by atoms with Crippen LogP contribution in [0.3, 0.4) is 0 Å². The van der Waals surface area contributed by atoms with Crippen LogP contribution in [0.2, 0.25) is 0 Å². The minimum absolute atomic E-state index is 0.128. The van der Waals surface area contributed by atoms with Gasteiger partial charge >= 0.3 is 0 Å². The van der Waals surface area contributed by atoms with E-state index in [2.05, 4.69) is 261 Å². The molecule has 6 heteroatoms. The lowest BCUT2D eigenvalue weighted by molar-refractivity contribution is 0.428. The van der Waals surface area contributed by atoms with Gasteiger partial charge in [0, 0.05) is 84.8 Å². The van der Waals surface area contributed by atoms with E-state index in [0.29, 0.717) is 0 Å². The predicted molar refractivity (Wildman–Crippen MR) is 350 cm³/mol. The number of hydrogen-bond acceptors (Lipinski definition) is 4. The molecule has 85 heavy (non-hydrogen) atoms. The highest BCUT2D eigenvalue weighted by Gasteiger charge is 2.42. The van der Waals surface area contributed by atoms with Gasteiger partial charge in [-0.15, -0.1) is 0 Å². The van der Waals surface area contributed by atoms with E-state index >= 15 is 0 Å². The molecule has 0 amide bonds. The SMILES string of the molecule is CC1Cc2c(c3c(n2C2C=CC(C4C=CC=C5C=CC=NC54C)=CC2C)CCC(c2ccc(-c4c(-c5ccccc5)oc5c4ccc4c5c5ccccc5n4-c4cccc5ncccc45)cc2)=C3)-c2oc(-c3ccccc3)c(-c3ccccc3)c21. The average molecular weight is 1100 g/mol. The molecule has 5 aliphatic rings. The number of fused-ring (bicyclic) bond motifs is 12. The number of allylic oxidation sites excluding steroid dienone is 7. The summed E-state index contributed by atoms with van der Waals surface area (Å²) in [6.45, 7) is 7.11. The average Bonchev–Trinajstić information content (AvgIpc) is 1.86. The van der Waals surface area contributed by atoms with Gasteiger partial charge in [0.05, 0.1) is 39.2 Å². The number of pyridine rings is 1. The minimum Gasteiger partial charge on any atom is -0.455 e. The van der Waals surface area contributed by atoms with Crippen LogP contribution in [-0.4, -0.2) is 25.9 Å². The van der Waals surface area contributed by atoms with Gasteiger partial charge in [-0.05, 0) is 126 Å². The van der Waals surface area contributed by atoms with Crippen LogP contribution in [0, 0.1) is 11.8 Å². The molecule has 17 rings (SSSR count). The molecule has 0 spiro atoms. The van der Waals surface area contributed by atoms with E-state index in [4.69, 9.17) is 18.8 Å². The van der Waals surface area contributed by atoms with Crippen molar-refractivity contribution in [2.75, 3.05) is 0 Å². The van der Waals surface area contributed by atoms with Crippen molar-refractivity contribution in [1.29, 1.82) is 0 Å². The zero-order valence-electron chi connectivity index (χ0n) is 47.7. The molecule has 408 valence electrons. The van der Waals surface area contributed by atoms with E-state index < -0.39 is 0 Å². The quantitative estimate of drug-likeness (QED) is 0.152. The fourth-order valence-electron chi connectivity index (χ4n) is 15.3. The third kappa shape index (κ3) is 7.57. The number of aromatic nitrogens is 3. The molecule has 5 unspecified atom stereocenters. The fourth-order valence-corrected chi connectivity index (χ4v) is 15.3. The van der Waals surface area contributed by atoms with Crippen molar-refractivity contribution in [3.05, 3.63) is 276 Å². The Bertz CT molecular complexity index is 4950. The lowest BCUT2D eigenvalue weighted by Crippen LogP contribution is -2.37. The highest BCUT2D eigenvalue weighted by Crippen LogP contribution is 2.56. The molecular weight excluding hydrogens is 1040 g/mol. The number of aliphatic imine (C=N–C) groups is 1. The van der Waals surface area contributed by atoms with Crippen LogP contribution in [0.25, 0.3) is 117 Å². The third-order valence-corrected chi connectivity index (χ3v) is 19.2. The maximum absolute atomic E-state index is 7.48. The van der Waals surface area contributed by atoms with Gasteiger partial charge in [0.2, 0.25) is 0 Å². The summed E-state index contributed by atoms with van der Waals surface area (Å²) in [7, 11) is 0. The summed E-state index contributed by atoms with van der Waals surface area (Å²) in [6.07, 6.45) is 27.6. The topological polar surface area (TPSA) is 61.4 Å². The first-order valence-electron chi connectivity index (χ1n) is 30.1. The van der Waals surface area contributed by atoms with Crippen molar-refractivity contribution < 1.29 is 8.83 Å². The molecule has 5 atom stereocenters. The van der Waals surface area contributed by atoms with Crippen LogP contribution in [-0.2, 0) is 12.8 Å². The van der Waals surface area contributed by atoms with Crippen LogP contribution < -0.4 is 0 Å². The lowest BCUT2D eigenvalue weighted by atomic mass is 9.70. The normalized spacial score (nSPS) is 20.3. The smallest absolute Gasteiger partial charge is 0.145 e. The fraction of sp³-hybridized carbons (Fsp3) is 0.139.